The predicted molar refractivity (Wildman–Crippen MR) is 79.2 cm³/mol. The number of aryl methyl sites for hydroxylation is 1. The monoisotopic (exact) mass is 277 g/mol. The van der Waals surface area contributed by atoms with Gasteiger partial charge in [-0.15, -0.1) is 0 Å². The summed E-state index contributed by atoms with van der Waals surface area (Å²) in [6.45, 7) is 2.57. The normalized spacial score (nSPS) is 12.2. The summed E-state index contributed by atoms with van der Waals surface area (Å²) in [7, 11) is 1.87. The van der Waals surface area contributed by atoms with Crippen molar-refractivity contribution < 1.29 is 9.59 Å². The second-order valence-corrected chi connectivity index (χ2v) is 4.95. The molecular weight excluding hydrogens is 254 g/mol. The summed E-state index contributed by atoms with van der Waals surface area (Å²) in [5, 5.41) is 2.10. The van der Waals surface area contributed by atoms with Crippen LogP contribution in [0.1, 0.15) is 25.3 Å². The number of likely N-dealkylation sites (N-methyl/N-ethyl adjacent to an activating group) is 1. The number of primary amides is 1. The van der Waals surface area contributed by atoms with E-state index in [0.717, 1.165) is 25.8 Å². The van der Waals surface area contributed by atoms with Crippen molar-refractivity contribution in [3.05, 3.63) is 35.9 Å². The third kappa shape index (κ3) is 5.84. The molecule has 0 bridgehead atoms. The zero-order chi connectivity index (χ0) is 15.0. The number of unbranched alkanes of at least 4 members (excludes halogenated alkanes) is 1. The Hall–Kier alpha value is -1.88. The fourth-order valence-corrected chi connectivity index (χ4v) is 1.95. The molecule has 1 rings (SSSR count). The van der Waals surface area contributed by atoms with Gasteiger partial charge in [0.05, 0.1) is 6.04 Å². The van der Waals surface area contributed by atoms with E-state index in [9.17, 15) is 9.59 Å². The van der Waals surface area contributed by atoms with Gasteiger partial charge in [0.2, 0.25) is 5.91 Å². The number of nitrogens with zero attached hydrogens (tertiary/aromatic N) is 1. The van der Waals surface area contributed by atoms with Gasteiger partial charge in [-0.05, 0) is 45.3 Å². The molecule has 0 radical (unpaired) electrons. The van der Waals surface area contributed by atoms with Crippen molar-refractivity contribution in [1.82, 2.24) is 10.2 Å². The number of carbonyl (C=O) groups is 2. The van der Waals surface area contributed by atoms with Crippen LogP contribution in [-0.2, 0) is 11.2 Å². The van der Waals surface area contributed by atoms with Crippen molar-refractivity contribution >= 4 is 11.9 Å². The average Bonchev–Trinajstić information content (AvgIpc) is 2.43. The number of benzene rings is 1. The van der Waals surface area contributed by atoms with E-state index >= 15 is 0 Å². The summed E-state index contributed by atoms with van der Waals surface area (Å²) in [6, 6.07) is 9.16. The van der Waals surface area contributed by atoms with Gasteiger partial charge >= 0.3 is 6.03 Å². The van der Waals surface area contributed by atoms with Crippen LogP contribution in [0.4, 0.5) is 4.79 Å². The van der Waals surface area contributed by atoms with E-state index < -0.39 is 6.03 Å². The summed E-state index contributed by atoms with van der Waals surface area (Å²) < 4.78 is 0. The number of nitrogens with one attached hydrogen (secondary N) is 1. The van der Waals surface area contributed by atoms with Crippen LogP contribution in [0.2, 0.25) is 0 Å². The van der Waals surface area contributed by atoms with Crippen molar-refractivity contribution in [2.75, 3.05) is 13.6 Å². The maximum atomic E-state index is 11.6. The van der Waals surface area contributed by atoms with Gasteiger partial charge in [0.25, 0.3) is 0 Å². The summed E-state index contributed by atoms with van der Waals surface area (Å²) in [4.78, 5) is 24.1. The SMILES string of the molecule is C[C@@H](C(=O)NC(N)=O)N(C)CCCCc1ccccc1. The number of hydrogen-bond donors (Lipinski definition) is 2. The first-order valence-electron chi connectivity index (χ1n) is 6.85. The second kappa shape index (κ2) is 8.32. The van der Waals surface area contributed by atoms with Gasteiger partial charge in [-0.25, -0.2) is 4.79 Å². The third-order valence-corrected chi connectivity index (χ3v) is 3.36. The van der Waals surface area contributed by atoms with Gasteiger partial charge < -0.3 is 5.73 Å². The zero-order valence-corrected chi connectivity index (χ0v) is 12.1. The molecule has 20 heavy (non-hydrogen) atoms. The highest BCUT2D eigenvalue weighted by Gasteiger charge is 2.18. The molecule has 0 aliphatic rings. The molecule has 0 saturated heterocycles. The standard InChI is InChI=1S/C15H23N3O2/c1-12(14(19)17-15(16)20)18(2)11-7-6-10-13-8-4-3-5-9-13/h3-5,8-9,12H,6-7,10-11H2,1-2H3,(H3,16,17,19,20)/t12-/m0/s1. The van der Waals surface area contributed by atoms with Crippen LogP contribution < -0.4 is 11.1 Å². The fourth-order valence-electron chi connectivity index (χ4n) is 1.95. The van der Waals surface area contributed by atoms with Gasteiger partial charge in [0.15, 0.2) is 0 Å². The first kappa shape index (κ1) is 16.2. The first-order chi connectivity index (χ1) is 9.50. The van der Waals surface area contributed by atoms with Gasteiger partial charge in [-0.2, -0.15) is 0 Å². The Morgan fingerprint density at radius 1 is 1.25 bits per heavy atom. The second-order valence-electron chi connectivity index (χ2n) is 4.95. The molecule has 0 saturated carbocycles. The molecule has 1 atom stereocenters. The number of imide groups is 1. The quantitative estimate of drug-likeness (QED) is 0.742. The summed E-state index contributed by atoms with van der Waals surface area (Å²) >= 11 is 0. The van der Waals surface area contributed by atoms with Crippen molar-refractivity contribution in [1.29, 1.82) is 0 Å². The van der Waals surface area contributed by atoms with Crippen LogP contribution in [0.15, 0.2) is 30.3 Å². The Bertz CT molecular complexity index is 434. The van der Waals surface area contributed by atoms with E-state index in [1.807, 2.05) is 30.1 Å². The molecule has 5 nitrogen and oxygen atoms in total. The molecule has 3 amide bonds. The minimum Gasteiger partial charge on any atom is -0.351 e. The topological polar surface area (TPSA) is 75.4 Å². The fraction of sp³-hybridized carbons (Fsp3) is 0.467. The van der Waals surface area contributed by atoms with E-state index in [1.54, 1.807) is 6.92 Å². The van der Waals surface area contributed by atoms with Crippen LogP contribution in [0.5, 0.6) is 0 Å². The highest BCUT2D eigenvalue weighted by molar-refractivity contribution is 5.96. The lowest BCUT2D eigenvalue weighted by Gasteiger charge is -2.23. The van der Waals surface area contributed by atoms with Crippen LogP contribution >= 0.6 is 0 Å². The van der Waals surface area contributed by atoms with Crippen LogP contribution in [0.25, 0.3) is 0 Å². The molecule has 1 aromatic rings. The molecule has 0 unspecified atom stereocenters. The molecule has 0 spiro atoms. The first-order valence-corrected chi connectivity index (χ1v) is 6.85. The Labute approximate surface area is 120 Å². The number of carbonyl (C=O) groups excluding carboxylic acids is 2. The Kier molecular flexibility index (Phi) is 6.73. The lowest BCUT2D eigenvalue weighted by atomic mass is 10.1. The van der Waals surface area contributed by atoms with Crippen molar-refractivity contribution in [2.45, 2.75) is 32.2 Å². The molecular formula is C15H23N3O2. The number of hydrogen-bond acceptors (Lipinski definition) is 3. The zero-order valence-electron chi connectivity index (χ0n) is 12.1. The Morgan fingerprint density at radius 2 is 1.90 bits per heavy atom. The minimum absolute atomic E-state index is 0.358. The van der Waals surface area contributed by atoms with Crippen LogP contribution in [0, 0.1) is 0 Å². The lowest BCUT2D eigenvalue weighted by Crippen LogP contribution is -2.47. The Balaban J connectivity index is 2.24. The number of nitrogens with two attached hydrogens (primary N) is 1. The van der Waals surface area contributed by atoms with Crippen LogP contribution in [-0.4, -0.2) is 36.5 Å². The third-order valence-electron chi connectivity index (χ3n) is 3.36. The van der Waals surface area contributed by atoms with Crippen LogP contribution in [0.3, 0.4) is 0 Å². The lowest BCUT2D eigenvalue weighted by molar-refractivity contribution is -0.124. The van der Waals surface area contributed by atoms with Crippen molar-refractivity contribution in [3.8, 4) is 0 Å². The smallest absolute Gasteiger partial charge is 0.318 e. The minimum atomic E-state index is -0.806. The predicted octanol–water partition coefficient (Wildman–Crippen LogP) is 1.52. The summed E-state index contributed by atoms with van der Waals surface area (Å²) in [6.07, 6.45) is 3.11. The summed E-state index contributed by atoms with van der Waals surface area (Å²) in [5.74, 6) is -0.358. The largest absolute Gasteiger partial charge is 0.351 e. The maximum Gasteiger partial charge on any atom is 0.318 e. The molecule has 0 aliphatic carbocycles. The van der Waals surface area contributed by atoms with Crippen molar-refractivity contribution in [2.24, 2.45) is 5.73 Å². The highest BCUT2D eigenvalue weighted by Crippen LogP contribution is 2.06. The molecule has 0 aromatic heterocycles. The van der Waals surface area contributed by atoms with E-state index in [4.69, 9.17) is 5.73 Å². The number of amides is 3. The molecule has 0 fully saturated rings. The molecule has 3 N–H and O–H groups in total. The number of urea groups is 1. The summed E-state index contributed by atoms with van der Waals surface area (Å²) in [5.41, 5.74) is 6.26. The van der Waals surface area contributed by atoms with Gasteiger partial charge in [-0.3, -0.25) is 15.0 Å². The Morgan fingerprint density at radius 3 is 2.50 bits per heavy atom. The maximum absolute atomic E-state index is 11.6. The molecule has 1 aromatic carbocycles. The average molecular weight is 277 g/mol. The van der Waals surface area contributed by atoms with E-state index in [0.29, 0.717) is 0 Å². The van der Waals surface area contributed by atoms with Gasteiger partial charge in [0.1, 0.15) is 0 Å². The van der Waals surface area contributed by atoms with Gasteiger partial charge in [-0.1, -0.05) is 30.3 Å². The highest BCUT2D eigenvalue weighted by atomic mass is 16.2. The molecule has 110 valence electrons. The number of rotatable bonds is 7. The van der Waals surface area contributed by atoms with E-state index in [1.165, 1.54) is 5.56 Å². The van der Waals surface area contributed by atoms with Gasteiger partial charge in [0, 0.05) is 0 Å². The van der Waals surface area contributed by atoms with Crippen molar-refractivity contribution in [3.63, 3.8) is 0 Å². The van der Waals surface area contributed by atoms with E-state index in [-0.39, 0.29) is 11.9 Å². The molecule has 0 heterocycles. The van der Waals surface area contributed by atoms with E-state index in [2.05, 4.69) is 17.4 Å². The molecule has 0 aliphatic heterocycles. The molecule has 5 heteroatoms.